The van der Waals surface area contributed by atoms with E-state index in [1.54, 1.807) is 11.8 Å². The molecule has 0 heterocycles. The molecule has 0 aromatic heterocycles. The summed E-state index contributed by atoms with van der Waals surface area (Å²) in [4.78, 5) is 13.4. The van der Waals surface area contributed by atoms with Crippen molar-refractivity contribution in [3.8, 4) is 0 Å². The summed E-state index contributed by atoms with van der Waals surface area (Å²) < 4.78 is 0. The van der Waals surface area contributed by atoms with Gasteiger partial charge in [0.25, 0.3) is 0 Å². The van der Waals surface area contributed by atoms with E-state index < -0.39 is 0 Å². The number of rotatable bonds is 6. The zero-order valence-corrected chi connectivity index (χ0v) is 13.7. The first-order valence-corrected chi connectivity index (χ1v) is 8.77. The molecule has 3 rings (SSSR count). The number of hydrogen-bond donors (Lipinski definition) is 1. The average Bonchev–Trinajstić information content (AvgIpc) is 2.60. The number of hydrogen-bond acceptors (Lipinski definition) is 2. The second-order valence-corrected chi connectivity index (χ2v) is 6.51. The first-order chi connectivity index (χ1) is 11.3. The molecule has 0 atom stereocenters. The van der Waals surface area contributed by atoms with Crippen LogP contribution in [0.1, 0.15) is 12.8 Å². The highest BCUT2D eigenvalue weighted by Gasteiger charge is 2.05. The Labute approximate surface area is 140 Å². The minimum absolute atomic E-state index is 0.0787. The van der Waals surface area contributed by atoms with Crippen molar-refractivity contribution < 1.29 is 4.79 Å². The van der Waals surface area contributed by atoms with Gasteiger partial charge in [0.2, 0.25) is 5.91 Å². The summed E-state index contributed by atoms with van der Waals surface area (Å²) >= 11 is 1.79. The second kappa shape index (κ2) is 7.84. The first-order valence-electron chi connectivity index (χ1n) is 7.78. The van der Waals surface area contributed by atoms with Crippen LogP contribution in [-0.4, -0.2) is 11.7 Å². The molecule has 0 aliphatic heterocycles. The number of carbonyl (C=O) groups excluding carboxylic acids is 1. The van der Waals surface area contributed by atoms with Crippen LogP contribution >= 0.6 is 11.8 Å². The highest BCUT2D eigenvalue weighted by atomic mass is 32.2. The third-order valence-electron chi connectivity index (χ3n) is 3.62. The van der Waals surface area contributed by atoms with E-state index in [-0.39, 0.29) is 5.91 Å². The van der Waals surface area contributed by atoms with Gasteiger partial charge in [0.1, 0.15) is 0 Å². The fourth-order valence-electron chi connectivity index (χ4n) is 2.49. The number of fused-ring (bicyclic) bond motifs is 1. The Balaban J connectivity index is 1.51. The first kappa shape index (κ1) is 15.6. The molecule has 0 saturated heterocycles. The van der Waals surface area contributed by atoms with Crippen LogP contribution in [0.5, 0.6) is 0 Å². The number of benzene rings is 3. The molecule has 23 heavy (non-hydrogen) atoms. The smallest absolute Gasteiger partial charge is 0.224 e. The van der Waals surface area contributed by atoms with Crippen LogP contribution in [0.25, 0.3) is 10.8 Å². The van der Waals surface area contributed by atoms with E-state index in [1.807, 2.05) is 48.5 Å². The van der Waals surface area contributed by atoms with Gasteiger partial charge >= 0.3 is 0 Å². The van der Waals surface area contributed by atoms with Crippen molar-refractivity contribution in [3.05, 3.63) is 72.8 Å². The van der Waals surface area contributed by atoms with Gasteiger partial charge in [-0.1, -0.05) is 54.6 Å². The van der Waals surface area contributed by atoms with Gasteiger partial charge in [-0.15, -0.1) is 11.8 Å². The Morgan fingerprint density at radius 1 is 0.870 bits per heavy atom. The van der Waals surface area contributed by atoms with Gasteiger partial charge in [-0.25, -0.2) is 0 Å². The molecule has 0 fully saturated rings. The molecule has 0 aliphatic rings. The van der Waals surface area contributed by atoms with Crippen molar-refractivity contribution >= 4 is 34.1 Å². The van der Waals surface area contributed by atoms with Gasteiger partial charge in [-0.2, -0.15) is 0 Å². The second-order valence-electron chi connectivity index (χ2n) is 5.34. The van der Waals surface area contributed by atoms with E-state index in [1.165, 1.54) is 4.90 Å². The van der Waals surface area contributed by atoms with E-state index in [0.29, 0.717) is 6.42 Å². The SMILES string of the molecule is O=C(CCCSc1ccccc1)Nc1cccc2ccccc12. The third kappa shape index (κ3) is 4.36. The van der Waals surface area contributed by atoms with Crippen LogP contribution in [0.2, 0.25) is 0 Å². The normalized spacial score (nSPS) is 10.6. The maximum Gasteiger partial charge on any atom is 0.224 e. The summed E-state index contributed by atoms with van der Waals surface area (Å²) in [6.07, 6.45) is 1.42. The fourth-order valence-corrected chi connectivity index (χ4v) is 3.36. The predicted molar refractivity (Wildman–Crippen MR) is 99.0 cm³/mol. The van der Waals surface area contributed by atoms with Crippen molar-refractivity contribution in [2.75, 3.05) is 11.1 Å². The summed E-state index contributed by atoms with van der Waals surface area (Å²) in [5.74, 6) is 1.03. The number of anilines is 1. The molecule has 0 unspecified atom stereocenters. The Morgan fingerprint density at radius 2 is 1.61 bits per heavy atom. The van der Waals surface area contributed by atoms with Crippen LogP contribution in [0, 0.1) is 0 Å². The predicted octanol–water partition coefficient (Wildman–Crippen LogP) is 5.35. The maximum atomic E-state index is 12.1. The zero-order chi connectivity index (χ0) is 15.9. The lowest BCUT2D eigenvalue weighted by atomic mass is 10.1. The Kier molecular flexibility index (Phi) is 5.33. The Hall–Kier alpha value is -2.26. The molecular formula is C20H19NOS. The number of nitrogens with one attached hydrogen (secondary N) is 1. The summed E-state index contributed by atoms with van der Waals surface area (Å²) in [7, 11) is 0. The van der Waals surface area contributed by atoms with E-state index in [4.69, 9.17) is 0 Å². The summed E-state index contributed by atoms with van der Waals surface area (Å²) in [6, 6.07) is 24.4. The van der Waals surface area contributed by atoms with E-state index in [2.05, 4.69) is 29.6 Å². The molecule has 0 spiro atoms. The summed E-state index contributed by atoms with van der Waals surface area (Å²) in [5, 5.41) is 5.26. The van der Waals surface area contributed by atoms with Gasteiger partial charge in [-0.3, -0.25) is 4.79 Å². The van der Waals surface area contributed by atoms with Crippen LogP contribution < -0.4 is 5.32 Å². The monoisotopic (exact) mass is 321 g/mol. The molecule has 0 bridgehead atoms. The van der Waals surface area contributed by atoms with Gasteiger partial charge in [-0.05, 0) is 35.8 Å². The van der Waals surface area contributed by atoms with Gasteiger partial charge in [0, 0.05) is 22.4 Å². The highest BCUT2D eigenvalue weighted by molar-refractivity contribution is 7.99. The van der Waals surface area contributed by atoms with Crippen molar-refractivity contribution in [3.63, 3.8) is 0 Å². The molecule has 0 aliphatic carbocycles. The molecule has 1 amide bonds. The van der Waals surface area contributed by atoms with Crippen LogP contribution in [0.15, 0.2) is 77.7 Å². The van der Waals surface area contributed by atoms with Gasteiger partial charge in [0.05, 0.1) is 0 Å². The maximum absolute atomic E-state index is 12.1. The molecule has 2 nitrogen and oxygen atoms in total. The van der Waals surface area contributed by atoms with Gasteiger partial charge < -0.3 is 5.32 Å². The molecule has 0 radical (unpaired) electrons. The number of carbonyl (C=O) groups is 1. The van der Waals surface area contributed by atoms with E-state index >= 15 is 0 Å². The lowest BCUT2D eigenvalue weighted by Gasteiger charge is -2.08. The molecule has 0 saturated carbocycles. The lowest BCUT2D eigenvalue weighted by Crippen LogP contribution is -2.11. The van der Waals surface area contributed by atoms with Crippen LogP contribution in [0.3, 0.4) is 0 Å². The standard InChI is InChI=1S/C20H19NOS/c22-20(14-7-15-23-17-10-2-1-3-11-17)21-19-13-6-9-16-8-4-5-12-18(16)19/h1-6,8-13H,7,14-15H2,(H,21,22). The summed E-state index contributed by atoms with van der Waals surface area (Å²) in [5.41, 5.74) is 0.892. The topological polar surface area (TPSA) is 29.1 Å². The van der Waals surface area contributed by atoms with Gasteiger partial charge in [0.15, 0.2) is 0 Å². The fraction of sp³-hybridized carbons (Fsp3) is 0.150. The van der Waals surface area contributed by atoms with Crippen LogP contribution in [0.4, 0.5) is 5.69 Å². The largest absolute Gasteiger partial charge is 0.326 e. The van der Waals surface area contributed by atoms with Crippen molar-refractivity contribution in [1.82, 2.24) is 0 Å². The molecular weight excluding hydrogens is 302 g/mol. The Bertz CT molecular complexity index is 781. The lowest BCUT2D eigenvalue weighted by molar-refractivity contribution is -0.116. The van der Waals surface area contributed by atoms with E-state index in [9.17, 15) is 4.79 Å². The Morgan fingerprint density at radius 3 is 2.48 bits per heavy atom. The van der Waals surface area contributed by atoms with Crippen molar-refractivity contribution in [1.29, 1.82) is 0 Å². The minimum atomic E-state index is 0.0787. The molecule has 1 N–H and O–H groups in total. The average molecular weight is 321 g/mol. The zero-order valence-electron chi connectivity index (χ0n) is 12.9. The molecule has 3 aromatic carbocycles. The molecule has 3 aromatic rings. The molecule has 116 valence electrons. The summed E-state index contributed by atoms with van der Waals surface area (Å²) in [6.45, 7) is 0. The number of amides is 1. The van der Waals surface area contributed by atoms with Crippen molar-refractivity contribution in [2.45, 2.75) is 17.7 Å². The number of thioether (sulfide) groups is 1. The van der Waals surface area contributed by atoms with E-state index in [0.717, 1.165) is 28.6 Å². The van der Waals surface area contributed by atoms with Crippen molar-refractivity contribution in [2.24, 2.45) is 0 Å². The third-order valence-corrected chi connectivity index (χ3v) is 4.72. The quantitative estimate of drug-likeness (QED) is 0.490. The van der Waals surface area contributed by atoms with Crippen LogP contribution in [-0.2, 0) is 4.79 Å². The minimum Gasteiger partial charge on any atom is -0.326 e. The highest BCUT2D eigenvalue weighted by Crippen LogP contribution is 2.23. The molecule has 3 heteroatoms.